The summed E-state index contributed by atoms with van der Waals surface area (Å²) in [5, 5.41) is 5.36. The van der Waals surface area contributed by atoms with E-state index in [1.54, 1.807) is 0 Å². The predicted molar refractivity (Wildman–Crippen MR) is 122 cm³/mol. The molecule has 164 valence electrons. The Morgan fingerprint density at radius 3 is 2.72 bits per heavy atom. The van der Waals surface area contributed by atoms with Crippen molar-refractivity contribution in [1.82, 2.24) is 19.6 Å². The van der Waals surface area contributed by atoms with Gasteiger partial charge in [0.15, 0.2) is 0 Å². The van der Waals surface area contributed by atoms with E-state index in [2.05, 4.69) is 70.0 Å². The molecule has 0 amide bonds. The maximum Gasteiger partial charge on any atom is 0.320 e. The maximum absolute atomic E-state index is 11.8. The van der Waals surface area contributed by atoms with Crippen molar-refractivity contribution in [3.8, 4) is 22.8 Å². The first-order valence-corrected chi connectivity index (χ1v) is 11.0. The molecular weight excluding hydrogens is 404 g/mol. The van der Waals surface area contributed by atoms with Crippen molar-refractivity contribution >= 4 is 16.9 Å². The van der Waals surface area contributed by atoms with Crippen molar-refractivity contribution in [2.45, 2.75) is 39.9 Å². The van der Waals surface area contributed by atoms with Crippen LogP contribution in [0.1, 0.15) is 37.9 Å². The monoisotopic (exact) mass is 430 g/mol. The van der Waals surface area contributed by atoms with Crippen LogP contribution in [0.5, 0.6) is 0 Å². The largest absolute Gasteiger partial charge is 0.465 e. The molecule has 7 nitrogen and oxygen atoms in total. The lowest BCUT2D eigenvalue weighted by Crippen LogP contribution is -2.26. The summed E-state index contributed by atoms with van der Waals surface area (Å²) in [6.45, 7) is 8.31. The van der Waals surface area contributed by atoms with Gasteiger partial charge in [-0.2, -0.15) is 4.98 Å². The minimum absolute atomic E-state index is 0.191. The van der Waals surface area contributed by atoms with Gasteiger partial charge in [-0.15, -0.1) is 0 Å². The van der Waals surface area contributed by atoms with E-state index in [4.69, 9.17) is 9.26 Å². The standard InChI is InChI=1S/C25H26N4O3/c1-4-31-23(30)15-28-13-20-6-5-18(12-21(20)14-28)24-26-25(32-27-24)19-7-8-22-17(11-19)9-10-29(22)16(2)3/h5-12,16H,4,13-15H2,1-3H3. The molecule has 0 unspecified atom stereocenters. The zero-order valence-electron chi connectivity index (χ0n) is 18.5. The first-order chi connectivity index (χ1) is 15.5. The van der Waals surface area contributed by atoms with E-state index in [9.17, 15) is 4.79 Å². The molecule has 5 rings (SSSR count). The average Bonchev–Trinajstić information content (AvgIpc) is 3.50. The Labute approximate surface area is 186 Å². The summed E-state index contributed by atoms with van der Waals surface area (Å²) >= 11 is 0. The van der Waals surface area contributed by atoms with Gasteiger partial charge in [0.1, 0.15) is 0 Å². The van der Waals surface area contributed by atoms with Crippen molar-refractivity contribution in [2.24, 2.45) is 0 Å². The number of hydrogen-bond acceptors (Lipinski definition) is 6. The predicted octanol–water partition coefficient (Wildman–Crippen LogP) is 4.82. The number of carbonyl (C=O) groups excluding carboxylic acids is 1. The Hall–Kier alpha value is -3.45. The van der Waals surface area contributed by atoms with E-state index in [1.807, 2.05) is 19.1 Å². The van der Waals surface area contributed by atoms with Gasteiger partial charge in [-0.05, 0) is 62.2 Å². The number of esters is 1. The van der Waals surface area contributed by atoms with Gasteiger partial charge in [0.25, 0.3) is 5.89 Å². The fourth-order valence-electron chi connectivity index (χ4n) is 4.31. The lowest BCUT2D eigenvalue weighted by molar-refractivity contribution is -0.144. The summed E-state index contributed by atoms with van der Waals surface area (Å²) in [5.74, 6) is 0.874. The number of fused-ring (bicyclic) bond motifs is 2. The first kappa shape index (κ1) is 20.5. The highest BCUT2D eigenvalue weighted by atomic mass is 16.5. The summed E-state index contributed by atoms with van der Waals surface area (Å²) < 4.78 is 12.9. The molecule has 0 atom stereocenters. The quantitative estimate of drug-likeness (QED) is 0.409. The molecule has 3 heterocycles. The second-order valence-electron chi connectivity index (χ2n) is 8.45. The number of nitrogens with zero attached hydrogens (tertiary/aromatic N) is 4. The van der Waals surface area contributed by atoms with Gasteiger partial charge in [0, 0.05) is 47.4 Å². The van der Waals surface area contributed by atoms with Gasteiger partial charge in [0.2, 0.25) is 5.82 Å². The van der Waals surface area contributed by atoms with Crippen molar-refractivity contribution < 1.29 is 14.1 Å². The lowest BCUT2D eigenvalue weighted by atomic mass is 10.1. The molecule has 0 N–H and O–H groups in total. The Morgan fingerprint density at radius 1 is 1.09 bits per heavy atom. The van der Waals surface area contributed by atoms with Gasteiger partial charge in [0.05, 0.1) is 13.2 Å². The zero-order valence-corrected chi connectivity index (χ0v) is 18.5. The van der Waals surface area contributed by atoms with Gasteiger partial charge >= 0.3 is 5.97 Å². The van der Waals surface area contributed by atoms with Gasteiger partial charge in [-0.3, -0.25) is 9.69 Å². The fourth-order valence-corrected chi connectivity index (χ4v) is 4.31. The molecule has 0 radical (unpaired) electrons. The highest BCUT2D eigenvalue weighted by Crippen LogP contribution is 2.30. The Balaban J connectivity index is 1.36. The van der Waals surface area contributed by atoms with E-state index in [0.29, 0.717) is 37.5 Å². The number of ether oxygens (including phenoxy) is 1. The Kier molecular flexibility index (Phi) is 5.27. The van der Waals surface area contributed by atoms with Crippen molar-refractivity contribution in [2.75, 3.05) is 13.2 Å². The second-order valence-corrected chi connectivity index (χ2v) is 8.45. The number of benzene rings is 2. The number of carbonyl (C=O) groups is 1. The molecule has 7 heteroatoms. The van der Waals surface area contributed by atoms with Crippen LogP contribution in [-0.4, -0.2) is 38.7 Å². The maximum atomic E-state index is 11.8. The normalized spacial score (nSPS) is 13.8. The number of hydrogen-bond donors (Lipinski definition) is 0. The molecule has 1 aliphatic rings. The first-order valence-electron chi connectivity index (χ1n) is 11.0. The van der Waals surface area contributed by atoms with Crippen LogP contribution in [-0.2, 0) is 22.6 Å². The van der Waals surface area contributed by atoms with E-state index < -0.39 is 0 Å². The summed E-state index contributed by atoms with van der Waals surface area (Å²) in [6, 6.07) is 14.9. The van der Waals surface area contributed by atoms with Crippen LogP contribution in [0.15, 0.2) is 53.2 Å². The Morgan fingerprint density at radius 2 is 1.91 bits per heavy atom. The highest BCUT2D eigenvalue weighted by Gasteiger charge is 2.23. The summed E-state index contributed by atoms with van der Waals surface area (Å²) in [7, 11) is 0. The minimum atomic E-state index is -0.191. The van der Waals surface area contributed by atoms with Crippen molar-refractivity contribution in [3.05, 3.63) is 59.8 Å². The molecule has 0 spiro atoms. The van der Waals surface area contributed by atoms with Crippen LogP contribution in [0.3, 0.4) is 0 Å². The molecule has 0 aliphatic carbocycles. The summed E-state index contributed by atoms with van der Waals surface area (Å²) in [5.41, 5.74) is 5.38. The summed E-state index contributed by atoms with van der Waals surface area (Å²) in [4.78, 5) is 18.5. The van der Waals surface area contributed by atoms with Crippen molar-refractivity contribution in [3.63, 3.8) is 0 Å². The summed E-state index contributed by atoms with van der Waals surface area (Å²) in [6.07, 6.45) is 2.11. The molecular formula is C25H26N4O3. The topological polar surface area (TPSA) is 73.4 Å². The third-order valence-corrected chi connectivity index (χ3v) is 5.86. The third kappa shape index (κ3) is 3.80. The van der Waals surface area contributed by atoms with Crippen LogP contribution in [0.25, 0.3) is 33.7 Å². The van der Waals surface area contributed by atoms with Gasteiger partial charge in [-0.1, -0.05) is 17.3 Å². The lowest BCUT2D eigenvalue weighted by Gasteiger charge is -2.12. The second kappa shape index (κ2) is 8.24. The highest BCUT2D eigenvalue weighted by molar-refractivity contribution is 5.84. The van der Waals surface area contributed by atoms with E-state index in [-0.39, 0.29) is 5.97 Å². The van der Waals surface area contributed by atoms with Crippen molar-refractivity contribution in [1.29, 1.82) is 0 Å². The van der Waals surface area contributed by atoms with Crippen LogP contribution in [0.4, 0.5) is 0 Å². The smallest absolute Gasteiger partial charge is 0.320 e. The Bertz CT molecular complexity index is 1290. The zero-order chi connectivity index (χ0) is 22.2. The van der Waals surface area contributed by atoms with Crippen LogP contribution >= 0.6 is 0 Å². The molecule has 32 heavy (non-hydrogen) atoms. The number of rotatable bonds is 6. The molecule has 0 saturated carbocycles. The average molecular weight is 431 g/mol. The third-order valence-electron chi connectivity index (χ3n) is 5.86. The molecule has 0 fully saturated rings. The molecule has 2 aromatic heterocycles. The molecule has 0 bridgehead atoms. The molecule has 2 aromatic carbocycles. The van der Waals surface area contributed by atoms with Gasteiger partial charge < -0.3 is 13.8 Å². The molecule has 1 aliphatic heterocycles. The van der Waals surface area contributed by atoms with Crippen LogP contribution in [0.2, 0.25) is 0 Å². The van der Waals surface area contributed by atoms with E-state index in [0.717, 1.165) is 23.1 Å². The molecule has 0 saturated heterocycles. The number of aromatic nitrogens is 3. The van der Waals surface area contributed by atoms with Gasteiger partial charge in [-0.25, -0.2) is 0 Å². The van der Waals surface area contributed by atoms with E-state index >= 15 is 0 Å². The van der Waals surface area contributed by atoms with Crippen LogP contribution < -0.4 is 0 Å². The van der Waals surface area contributed by atoms with Crippen LogP contribution in [0, 0.1) is 0 Å². The minimum Gasteiger partial charge on any atom is -0.465 e. The fraction of sp³-hybridized carbons (Fsp3) is 0.320. The molecule has 4 aromatic rings. The SMILES string of the molecule is CCOC(=O)CN1Cc2ccc(-c3noc(-c4ccc5c(ccn5C(C)C)c4)n3)cc2C1. The van der Waals surface area contributed by atoms with E-state index in [1.165, 1.54) is 16.6 Å².